The lowest BCUT2D eigenvalue weighted by atomic mass is 10.5. The Morgan fingerprint density at radius 1 is 1.22 bits per heavy atom. The zero-order chi connectivity index (χ0) is 6.69. The normalized spacial score (nSPS) is 9.00. The first-order valence-corrected chi connectivity index (χ1v) is 3.36. The van der Waals surface area contributed by atoms with E-state index in [1.165, 1.54) is 0 Å². The summed E-state index contributed by atoms with van der Waals surface area (Å²) in [5, 5.41) is 0. The van der Waals surface area contributed by atoms with Crippen molar-refractivity contribution < 1.29 is 4.57 Å². The average Bonchev–Trinajstić information content (AvgIpc) is 1.90. The first-order valence-electron chi connectivity index (χ1n) is 2.50. The smallest absolute Gasteiger partial charge is 0.152 e. The zero-order valence-electron chi connectivity index (χ0n) is 4.69. The second-order valence-corrected chi connectivity index (χ2v) is 2.68. The van der Waals surface area contributed by atoms with Gasteiger partial charge in [-0.3, -0.25) is 0 Å². The lowest BCUT2D eigenvalue weighted by molar-refractivity contribution is -0.545. The Bertz CT molecular complexity index is 208. The summed E-state index contributed by atoms with van der Waals surface area (Å²) < 4.78 is 2.33. The van der Waals surface area contributed by atoms with Gasteiger partial charge in [0.05, 0.1) is 0 Å². The van der Waals surface area contributed by atoms with Crippen LogP contribution in [-0.2, 0) is 0 Å². The molecule has 0 atom stereocenters. The highest BCUT2D eigenvalue weighted by atomic mass is 32.1. The van der Waals surface area contributed by atoms with Gasteiger partial charge in [0.1, 0.15) is 0 Å². The highest BCUT2D eigenvalue weighted by Crippen LogP contribution is 1.80. The summed E-state index contributed by atoms with van der Waals surface area (Å²) in [6.07, 6.45) is 3.71. The predicted molar refractivity (Wildman–Crippen MR) is 43.6 cm³/mol. The molecule has 1 aromatic rings. The van der Waals surface area contributed by atoms with Gasteiger partial charge >= 0.3 is 4.32 Å². The van der Waals surface area contributed by atoms with Crippen molar-refractivity contribution in [2.24, 2.45) is 0 Å². The average molecular weight is 156 g/mol. The second kappa shape index (κ2) is 2.94. The van der Waals surface area contributed by atoms with Crippen LogP contribution < -0.4 is 4.57 Å². The van der Waals surface area contributed by atoms with E-state index in [2.05, 4.69) is 12.6 Å². The molecule has 0 spiro atoms. The molecule has 0 fully saturated rings. The molecule has 3 heteroatoms. The number of hydrogen-bond donors (Lipinski definition) is 1. The summed E-state index contributed by atoms with van der Waals surface area (Å²) in [5.41, 5.74) is 0. The van der Waals surface area contributed by atoms with E-state index in [0.29, 0.717) is 4.32 Å². The van der Waals surface area contributed by atoms with Gasteiger partial charge in [0, 0.05) is 24.4 Å². The highest BCUT2D eigenvalue weighted by molar-refractivity contribution is 8.10. The summed E-state index contributed by atoms with van der Waals surface area (Å²) in [4.78, 5) is 0. The standard InChI is InChI=1S/C6H5NS2/c8-6(9)7-4-2-1-3-5-7/h1-5H/p+1. The Kier molecular flexibility index (Phi) is 2.19. The number of aromatic nitrogens is 1. The van der Waals surface area contributed by atoms with E-state index >= 15 is 0 Å². The molecule has 0 amide bonds. The minimum Gasteiger partial charge on any atom is -0.152 e. The molecule has 1 heterocycles. The van der Waals surface area contributed by atoms with Crippen molar-refractivity contribution in [3.05, 3.63) is 30.6 Å². The van der Waals surface area contributed by atoms with Crippen molar-refractivity contribution in [1.82, 2.24) is 0 Å². The molecule has 1 rings (SSSR count). The molecule has 0 unspecified atom stereocenters. The van der Waals surface area contributed by atoms with Gasteiger partial charge in [0.25, 0.3) is 0 Å². The molecular weight excluding hydrogens is 150 g/mol. The number of pyridine rings is 1. The van der Waals surface area contributed by atoms with Crippen LogP contribution >= 0.6 is 24.8 Å². The minimum absolute atomic E-state index is 0.565. The van der Waals surface area contributed by atoms with Gasteiger partial charge in [-0.05, 0) is 0 Å². The van der Waals surface area contributed by atoms with Crippen molar-refractivity contribution in [2.45, 2.75) is 0 Å². The van der Waals surface area contributed by atoms with Gasteiger partial charge < -0.3 is 0 Å². The maximum atomic E-state index is 4.79. The summed E-state index contributed by atoms with van der Waals surface area (Å²) >= 11 is 8.77. The van der Waals surface area contributed by atoms with E-state index in [-0.39, 0.29) is 0 Å². The van der Waals surface area contributed by atoms with Crippen molar-refractivity contribution in [1.29, 1.82) is 0 Å². The molecule has 46 valence electrons. The highest BCUT2D eigenvalue weighted by Gasteiger charge is 1.98. The molecular formula is C6H6NS2+. The lowest BCUT2D eigenvalue weighted by Gasteiger charge is -1.85. The molecule has 0 bridgehead atoms. The van der Waals surface area contributed by atoms with Crippen LogP contribution in [0.5, 0.6) is 0 Å². The minimum atomic E-state index is 0.565. The van der Waals surface area contributed by atoms with Crippen molar-refractivity contribution in [2.75, 3.05) is 0 Å². The number of thiol groups is 1. The van der Waals surface area contributed by atoms with Crippen LogP contribution in [0, 0.1) is 0 Å². The Morgan fingerprint density at radius 3 is 2.11 bits per heavy atom. The molecule has 0 radical (unpaired) electrons. The third kappa shape index (κ3) is 1.77. The van der Waals surface area contributed by atoms with E-state index in [4.69, 9.17) is 12.2 Å². The quantitative estimate of drug-likeness (QED) is 0.334. The lowest BCUT2D eigenvalue weighted by Crippen LogP contribution is -2.36. The number of hydrogen-bond acceptors (Lipinski definition) is 1. The van der Waals surface area contributed by atoms with Gasteiger partial charge in [-0.15, -0.1) is 0 Å². The summed E-state index contributed by atoms with van der Waals surface area (Å²) in [7, 11) is 0. The number of rotatable bonds is 0. The predicted octanol–water partition coefficient (Wildman–Crippen LogP) is 1.04. The fourth-order valence-electron chi connectivity index (χ4n) is 0.526. The monoisotopic (exact) mass is 156 g/mol. The number of nitrogens with zero attached hydrogens (tertiary/aromatic N) is 1. The van der Waals surface area contributed by atoms with Gasteiger partial charge in [-0.1, -0.05) is 18.7 Å². The van der Waals surface area contributed by atoms with Crippen molar-refractivity contribution >= 4 is 29.2 Å². The third-order valence-corrected chi connectivity index (χ3v) is 1.38. The van der Waals surface area contributed by atoms with E-state index in [1.54, 1.807) is 4.57 Å². The molecule has 9 heavy (non-hydrogen) atoms. The maximum absolute atomic E-state index is 4.79. The number of thiocarbonyl (C=S) groups is 1. The van der Waals surface area contributed by atoms with E-state index in [1.807, 2.05) is 30.6 Å². The first kappa shape index (κ1) is 6.71. The first-order chi connectivity index (χ1) is 4.30. The van der Waals surface area contributed by atoms with Gasteiger partial charge in [0.15, 0.2) is 12.4 Å². The van der Waals surface area contributed by atoms with E-state index in [9.17, 15) is 0 Å². The van der Waals surface area contributed by atoms with E-state index < -0.39 is 0 Å². The van der Waals surface area contributed by atoms with Crippen LogP contribution in [-0.4, -0.2) is 4.32 Å². The van der Waals surface area contributed by atoms with Crippen molar-refractivity contribution in [3.63, 3.8) is 0 Å². The molecule has 0 aromatic carbocycles. The molecule has 0 saturated heterocycles. The molecule has 1 nitrogen and oxygen atoms in total. The summed E-state index contributed by atoms with van der Waals surface area (Å²) in [6.45, 7) is 0. The van der Waals surface area contributed by atoms with Gasteiger partial charge in [0.2, 0.25) is 0 Å². The van der Waals surface area contributed by atoms with E-state index in [0.717, 1.165) is 0 Å². The molecule has 0 aliphatic heterocycles. The Labute approximate surface area is 64.7 Å². The third-order valence-electron chi connectivity index (χ3n) is 0.936. The Hall–Kier alpha value is -0.410. The van der Waals surface area contributed by atoms with Crippen molar-refractivity contribution in [3.8, 4) is 0 Å². The fraction of sp³-hybridized carbons (Fsp3) is 0. The van der Waals surface area contributed by atoms with Crippen LogP contribution in [0.3, 0.4) is 0 Å². The molecule has 0 saturated carbocycles. The molecule has 0 N–H and O–H groups in total. The summed E-state index contributed by atoms with van der Waals surface area (Å²) in [6, 6.07) is 5.74. The molecule has 0 aliphatic carbocycles. The summed E-state index contributed by atoms with van der Waals surface area (Å²) in [5.74, 6) is 0. The topological polar surface area (TPSA) is 3.88 Å². The van der Waals surface area contributed by atoms with Crippen LogP contribution in [0.1, 0.15) is 0 Å². The van der Waals surface area contributed by atoms with Crippen LogP contribution in [0.25, 0.3) is 0 Å². The Balaban J connectivity index is 2.98. The SMILES string of the molecule is S=C(S)[n+]1ccccc1. The maximum Gasteiger partial charge on any atom is 0.309 e. The fourth-order valence-corrected chi connectivity index (χ4v) is 0.781. The van der Waals surface area contributed by atoms with Crippen LogP contribution in [0.15, 0.2) is 30.6 Å². The Morgan fingerprint density at radius 2 is 1.78 bits per heavy atom. The molecule has 0 aliphatic rings. The van der Waals surface area contributed by atoms with Crippen LogP contribution in [0.2, 0.25) is 0 Å². The van der Waals surface area contributed by atoms with Gasteiger partial charge in [-0.25, -0.2) is 0 Å². The second-order valence-electron chi connectivity index (χ2n) is 1.57. The largest absolute Gasteiger partial charge is 0.309 e. The molecule has 1 aromatic heterocycles. The zero-order valence-corrected chi connectivity index (χ0v) is 6.40. The van der Waals surface area contributed by atoms with Crippen LogP contribution in [0.4, 0.5) is 0 Å². The van der Waals surface area contributed by atoms with Gasteiger partial charge in [-0.2, -0.15) is 4.57 Å².